The molecule has 0 bridgehead atoms. The molecule has 5 heteroatoms. The molecule has 0 atom stereocenters. The fraction of sp³-hybridized carbons (Fsp3) is 0.0851. The van der Waals surface area contributed by atoms with Crippen LogP contribution in [0.1, 0.15) is 46.5 Å². The van der Waals surface area contributed by atoms with E-state index in [2.05, 4.69) is 131 Å². The van der Waals surface area contributed by atoms with Gasteiger partial charge in [-0.05, 0) is 108 Å². The molecule has 0 fully saturated rings. The minimum Gasteiger partial charge on any atom is -0.310 e. The highest BCUT2D eigenvalue weighted by atomic mass is 15.0. The number of aromatic nitrogens is 2. The van der Waals surface area contributed by atoms with E-state index >= 15 is 0 Å². The number of rotatable bonds is 8. The summed E-state index contributed by atoms with van der Waals surface area (Å²) in [4.78, 5) is 0. The lowest BCUT2D eigenvalue weighted by Gasteiger charge is -2.18. The van der Waals surface area contributed by atoms with Crippen molar-refractivity contribution in [2.75, 3.05) is 0 Å². The normalized spacial score (nSPS) is 12.1. The minimum absolute atomic E-state index is 0.385. The molecule has 0 radical (unpaired) electrons. The molecule has 7 aromatic rings. The van der Waals surface area contributed by atoms with Gasteiger partial charge in [0.2, 0.25) is 0 Å². The highest BCUT2D eigenvalue weighted by molar-refractivity contribution is 5.94. The number of hydrogen-bond donors (Lipinski definition) is 0. The molecule has 0 aliphatic heterocycles. The van der Waals surface area contributed by atoms with Crippen LogP contribution in [0, 0.1) is 34.0 Å². The quantitative estimate of drug-likeness (QED) is 0.151. The van der Waals surface area contributed by atoms with Gasteiger partial charge in [-0.25, -0.2) is 0 Å². The van der Waals surface area contributed by atoms with E-state index in [4.69, 9.17) is 5.26 Å². The van der Waals surface area contributed by atoms with E-state index in [-0.39, 0.29) is 0 Å². The number of nitrogens with zero attached hydrogens (tertiary/aromatic N) is 5. The van der Waals surface area contributed by atoms with Crippen LogP contribution < -0.4 is 0 Å². The second-order valence-corrected chi connectivity index (χ2v) is 12.9. The maximum absolute atomic E-state index is 10.5. The summed E-state index contributed by atoms with van der Waals surface area (Å²) in [6, 6.07) is 44.2. The molecule has 0 saturated carbocycles. The average Bonchev–Trinajstić information content (AvgIpc) is 3.71. The van der Waals surface area contributed by atoms with Crippen molar-refractivity contribution >= 4 is 34.0 Å². The Hall–Kier alpha value is -7.13. The molecule has 52 heavy (non-hydrogen) atoms. The molecule has 0 unspecified atom stereocenters. The van der Waals surface area contributed by atoms with Crippen molar-refractivity contribution in [2.45, 2.75) is 25.7 Å². The third-order valence-corrected chi connectivity index (χ3v) is 9.98. The first-order chi connectivity index (χ1) is 25.6. The Balaban J connectivity index is 1.27. The summed E-state index contributed by atoms with van der Waals surface area (Å²) >= 11 is 0. The van der Waals surface area contributed by atoms with Gasteiger partial charge in [0, 0.05) is 33.4 Å². The van der Waals surface area contributed by atoms with Crippen LogP contribution in [0.25, 0.3) is 67.6 Å². The molecule has 0 N–H and O–H groups in total. The first kappa shape index (κ1) is 32.1. The van der Waals surface area contributed by atoms with Crippen molar-refractivity contribution in [3.63, 3.8) is 0 Å². The van der Waals surface area contributed by atoms with Gasteiger partial charge in [-0.15, -0.1) is 0 Å². The summed E-state index contributed by atoms with van der Waals surface area (Å²) in [6.07, 6.45) is 13.1. The Morgan fingerprint density at radius 2 is 1.50 bits per heavy atom. The zero-order valence-corrected chi connectivity index (χ0v) is 28.6. The molecule has 5 nitrogen and oxygen atoms in total. The van der Waals surface area contributed by atoms with Gasteiger partial charge in [-0.2, -0.15) is 15.8 Å². The summed E-state index contributed by atoms with van der Waals surface area (Å²) in [7, 11) is 0. The first-order valence-corrected chi connectivity index (χ1v) is 17.4. The summed E-state index contributed by atoms with van der Waals surface area (Å²) in [5.41, 5.74) is 13.7. The largest absolute Gasteiger partial charge is 0.310 e. The Morgan fingerprint density at radius 1 is 0.712 bits per heavy atom. The van der Waals surface area contributed by atoms with Crippen molar-refractivity contribution in [1.29, 1.82) is 15.8 Å². The maximum atomic E-state index is 10.5. The lowest BCUT2D eigenvalue weighted by molar-refractivity contribution is 0.967. The first-order valence-electron chi connectivity index (χ1n) is 17.4. The summed E-state index contributed by atoms with van der Waals surface area (Å²) < 4.78 is 4.48. The van der Waals surface area contributed by atoms with Crippen molar-refractivity contribution in [2.24, 2.45) is 0 Å². The highest BCUT2D eigenvalue weighted by Crippen LogP contribution is 2.40. The number of aryl methyl sites for hydroxylation is 1. The number of hydrogen-bond acceptors (Lipinski definition) is 3. The summed E-state index contributed by atoms with van der Waals surface area (Å²) in [5.74, 6) is 0. The van der Waals surface area contributed by atoms with Gasteiger partial charge >= 0.3 is 0 Å². The van der Waals surface area contributed by atoms with Crippen LogP contribution in [0.4, 0.5) is 0 Å². The van der Waals surface area contributed by atoms with E-state index in [1.165, 1.54) is 11.1 Å². The van der Waals surface area contributed by atoms with Crippen molar-refractivity contribution in [3.8, 4) is 51.8 Å². The molecule has 246 valence electrons. The monoisotopic (exact) mass is 667 g/mol. The Bertz CT molecular complexity index is 2750. The van der Waals surface area contributed by atoms with Gasteiger partial charge in [0.05, 0.1) is 46.4 Å². The van der Waals surface area contributed by atoms with Crippen molar-refractivity contribution in [3.05, 3.63) is 168 Å². The molecule has 5 aromatic carbocycles. The molecule has 0 saturated heterocycles. The topological polar surface area (TPSA) is 81.2 Å². The van der Waals surface area contributed by atoms with Gasteiger partial charge in [0.25, 0.3) is 0 Å². The summed E-state index contributed by atoms with van der Waals surface area (Å²) in [5, 5.41) is 31.4. The van der Waals surface area contributed by atoms with Crippen LogP contribution in [0.5, 0.6) is 0 Å². The van der Waals surface area contributed by atoms with Crippen LogP contribution in [-0.4, -0.2) is 9.13 Å². The molecular formula is C47H33N5. The molecule has 2 heterocycles. The second-order valence-electron chi connectivity index (χ2n) is 12.9. The second kappa shape index (κ2) is 13.6. The van der Waals surface area contributed by atoms with Crippen LogP contribution in [0.3, 0.4) is 0 Å². The van der Waals surface area contributed by atoms with Crippen LogP contribution >= 0.6 is 0 Å². The predicted octanol–water partition coefficient (Wildman–Crippen LogP) is 11.3. The van der Waals surface area contributed by atoms with Crippen molar-refractivity contribution < 1.29 is 0 Å². The molecule has 1 aliphatic carbocycles. The number of nitriles is 3. The molecule has 0 spiro atoms. The third-order valence-electron chi connectivity index (χ3n) is 9.98. The number of fused-ring (bicyclic) bond motifs is 4. The van der Waals surface area contributed by atoms with E-state index in [0.717, 1.165) is 79.7 Å². The minimum atomic E-state index is 0.385. The number of para-hydroxylation sites is 2. The van der Waals surface area contributed by atoms with Crippen LogP contribution in [-0.2, 0) is 12.8 Å². The standard InChI is InChI=1S/C47H33N5/c1-2-43-39(18-4-3-9-26-48)40-19-5-7-22-44(40)51(43)37-17-11-14-34(29-37)33-13-10-15-35(28-33)38-21-12-16-36(31-50)47(38)52-45-23-8-6-20-41(45)42-27-32(30-49)24-25-46(42)52/h2-5,7-8,10-17,19,21-25,27-29H,1,6,9,18,20H2/b4-3-. The fourth-order valence-electron chi connectivity index (χ4n) is 7.72. The van der Waals surface area contributed by atoms with Crippen LogP contribution in [0.2, 0.25) is 0 Å². The van der Waals surface area contributed by atoms with E-state index in [1.807, 2.05) is 42.5 Å². The third kappa shape index (κ3) is 5.41. The molecule has 1 aliphatic rings. The Labute approximate surface area is 303 Å². The SMILES string of the molecule is C=Cc1c(C/C=C\CC#N)c2ccccc2n1-c1cccc(-c2cccc(-c3cccc(C#N)c3-n3c4c(c5cc(C#N)ccc53)CCC=C4)c2)c1. The van der Waals surface area contributed by atoms with E-state index in [9.17, 15) is 10.5 Å². The van der Waals surface area contributed by atoms with Crippen LogP contribution in [0.15, 0.2) is 134 Å². The fourth-order valence-corrected chi connectivity index (χ4v) is 7.72. The molecular weight excluding hydrogens is 635 g/mol. The lowest BCUT2D eigenvalue weighted by atomic mass is 9.95. The van der Waals surface area contributed by atoms with E-state index in [1.54, 1.807) is 0 Å². The Morgan fingerprint density at radius 3 is 2.33 bits per heavy atom. The predicted molar refractivity (Wildman–Crippen MR) is 211 cm³/mol. The molecule has 2 aromatic heterocycles. The number of allylic oxidation sites excluding steroid dienone is 3. The van der Waals surface area contributed by atoms with Gasteiger partial charge in [-0.1, -0.05) is 85.5 Å². The smallest absolute Gasteiger partial charge is 0.101 e. The zero-order valence-electron chi connectivity index (χ0n) is 28.6. The van der Waals surface area contributed by atoms with Crippen molar-refractivity contribution in [1.82, 2.24) is 9.13 Å². The zero-order chi connectivity index (χ0) is 35.6. The number of benzene rings is 5. The Kier molecular flexibility index (Phi) is 8.42. The summed E-state index contributed by atoms with van der Waals surface area (Å²) in [6.45, 7) is 4.20. The molecule has 0 amide bonds. The van der Waals surface area contributed by atoms with Gasteiger partial charge in [0.1, 0.15) is 6.07 Å². The van der Waals surface area contributed by atoms with E-state index in [0.29, 0.717) is 24.0 Å². The van der Waals surface area contributed by atoms with Gasteiger partial charge in [-0.3, -0.25) is 0 Å². The molecule has 8 rings (SSSR count). The maximum Gasteiger partial charge on any atom is 0.101 e. The van der Waals surface area contributed by atoms with E-state index < -0.39 is 0 Å². The highest BCUT2D eigenvalue weighted by Gasteiger charge is 2.23. The van der Waals surface area contributed by atoms with Gasteiger partial charge in [0.15, 0.2) is 0 Å². The van der Waals surface area contributed by atoms with Gasteiger partial charge < -0.3 is 9.13 Å². The lowest BCUT2D eigenvalue weighted by Crippen LogP contribution is -2.04. The average molecular weight is 668 g/mol.